The van der Waals surface area contributed by atoms with Gasteiger partial charge in [0.2, 0.25) is 5.91 Å². The number of aromatic carboxylic acids is 1. The van der Waals surface area contributed by atoms with Crippen LogP contribution in [0.1, 0.15) is 44.5 Å². The molecular formula is C26H21ClFN7O4. The maximum Gasteiger partial charge on any atom is 0.335 e. The molecule has 0 saturated heterocycles. The molecule has 1 atom stereocenters. The molecule has 1 aliphatic rings. The van der Waals surface area contributed by atoms with Gasteiger partial charge in [0.15, 0.2) is 11.6 Å². The summed E-state index contributed by atoms with van der Waals surface area (Å²) < 4.78 is 16.2. The summed E-state index contributed by atoms with van der Waals surface area (Å²) in [7, 11) is 0. The van der Waals surface area contributed by atoms with Crippen molar-refractivity contribution in [2.75, 3.05) is 6.54 Å². The van der Waals surface area contributed by atoms with Crippen molar-refractivity contribution in [2.45, 2.75) is 25.8 Å². The van der Waals surface area contributed by atoms with E-state index in [2.05, 4.69) is 25.7 Å². The standard InChI is InChI=1S/C26H21ClFN7O4/c1-14-23-19(31-30-14)10-11-34(25(23)21(36)12-15-2-4-16(5-3-15)26(38)39)22(37)9-6-17-20(35-13-29-32-33-35)8-7-18(27)24(17)28/h2-9,13,25H,10-12H2,1H3,(H,30,31)(H,38,39)/b9-6+. The molecule has 0 fully saturated rings. The fourth-order valence-corrected chi connectivity index (χ4v) is 4.79. The number of hydrogen-bond acceptors (Lipinski definition) is 7. The van der Waals surface area contributed by atoms with Gasteiger partial charge < -0.3 is 10.0 Å². The Morgan fingerprint density at radius 3 is 2.67 bits per heavy atom. The molecule has 5 rings (SSSR count). The van der Waals surface area contributed by atoms with Gasteiger partial charge in [-0.15, -0.1) is 5.10 Å². The monoisotopic (exact) mass is 549 g/mol. The van der Waals surface area contributed by atoms with E-state index in [4.69, 9.17) is 16.7 Å². The van der Waals surface area contributed by atoms with Crippen LogP contribution in [0.3, 0.4) is 0 Å². The Morgan fingerprint density at radius 2 is 1.97 bits per heavy atom. The summed E-state index contributed by atoms with van der Waals surface area (Å²) in [5.74, 6) is -2.60. The molecule has 1 aliphatic heterocycles. The van der Waals surface area contributed by atoms with Crippen molar-refractivity contribution in [3.8, 4) is 5.69 Å². The zero-order valence-corrected chi connectivity index (χ0v) is 21.3. The third-order valence-electron chi connectivity index (χ3n) is 6.51. The lowest BCUT2D eigenvalue weighted by Crippen LogP contribution is -2.43. The Labute approximate surface area is 225 Å². The average molecular weight is 550 g/mol. The number of H-pyrrole nitrogens is 1. The number of aromatic amines is 1. The number of nitrogens with one attached hydrogen (secondary N) is 1. The summed E-state index contributed by atoms with van der Waals surface area (Å²) in [5, 5.41) is 27.1. The first-order valence-electron chi connectivity index (χ1n) is 11.8. The van der Waals surface area contributed by atoms with Crippen molar-refractivity contribution in [2.24, 2.45) is 0 Å². The van der Waals surface area contributed by atoms with Crippen molar-refractivity contribution >= 4 is 35.3 Å². The molecule has 2 N–H and O–H groups in total. The first-order valence-corrected chi connectivity index (χ1v) is 12.2. The Morgan fingerprint density at radius 1 is 1.21 bits per heavy atom. The lowest BCUT2D eigenvalue weighted by Gasteiger charge is -2.34. The number of rotatable bonds is 7. The number of halogens is 2. The van der Waals surface area contributed by atoms with E-state index in [-0.39, 0.29) is 40.6 Å². The number of nitrogens with zero attached hydrogens (tertiary/aromatic N) is 6. The van der Waals surface area contributed by atoms with Crippen LogP contribution >= 0.6 is 11.6 Å². The second-order valence-electron chi connectivity index (χ2n) is 8.92. The van der Waals surface area contributed by atoms with Crippen LogP contribution in [0.4, 0.5) is 4.39 Å². The summed E-state index contributed by atoms with van der Waals surface area (Å²) in [6.07, 6.45) is 4.15. The predicted octanol–water partition coefficient (Wildman–Crippen LogP) is 3.14. The first kappa shape index (κ1) is 25.9. The van der Waals surface area contributed by atoms with Gasteiger partial charge in [0.25, 0.3) is 0 Å². The van der Waals surface area contributed by atoms with Gasteiger partial charge in [-0.2, -0.15) is 9.78 Å². The third-order valence-corrected chi connectivity index (χ3v) is 6.81. The van der Waals surface area contributed by atoms with E-state index in [1.165, 1.54) is 52.3 Å². The number of hydrogen-bond donors (Lipinski definition) is 2. The van der Waals surface area contributed by atoms with Gasteiger partial charge in [0, 0.05) is 42.3 Å². The number of carboxylic acids is 1. The summed E-state index contributed by atoms with van der Waals surface area (Å²) in [6, 6.07) is 7.94. The maximum atomic E-state index is 15.0. The summed E-state index contributed by atoms with van der Waals surface area (Å²) >= 11 is 5.99. The van der Waals surface area contributed by atoms with Crippen LogP contribution in [-0.4, -0.2) is 64.6 Å². The third kappa shape index (κ3) is 5.06. The Bertz CT molecular complexity index is 1600. The number of aryl methyl sites for hydroxylation is 1. The van der Waals surface area contributed by atoms with Gasteiger partial charge in [0.05, 0.1) is 22.0 Å². The molecule has 11 nitrogen and oxygen atoms in total. The fourth-order valence-electron chi connectivity index (χ4n) is 4.62. The topological polar surface area (TPSA) is 147 Å². The lowest BCUT2D eigenvalue weighted by molar-refractivity contribution is -0.136. The highest BCUT2D eigenvalue weighted by Crippen LogP contribution is 2.33. The Hall–Kier alpha value is -4.71. The van der Waals surface area contributed by atoms with Gasteiger partial charge >= 0.3 is 5.97 Å². The molecule has 0 spiro atoms. The van der Waals surface area contributed by atoms with Crippen molar-refractivity contribution in [1.82, 2.24) is 35.3 Å². The molecule has 0 bridgehead atoms. The van der Waals surface area contributed by atoms with E-state index in [1.807, 2.05) is 0 Å². The normalized spacial score (nSPS) is 14.9. The summed E-state index contributed by atoms with van der Waals surface area (Å²) in [6.45, 7) is 1.99. The van der Waals surface area contributed by atoms with Gasteiger partial charge in [-0.1, -0.05) is 23.7 Å². The van der Waals surface area contributed by atoms with Crippen molar-refractivity contribution in [3.63, 3.8) is 0 Å². The smallest absolute Gasteiger partial charge is 0.335 e. The van der Waals surface area contributed by atoms with Crippen molar-refractivity contribution in [3.05, 3.63) is 93.3 Å². The van der Waals surface area contributed by atoms with Crippen LogP contribution in [0.2, 0.25) is 5.02 Å². The Balaban J connectivity index is 1.46. The highest BCUT2D eigenvalue weighted by atomic mass is 35.5. The molecule has 2 aromatic heterocycles. The van der Waals surface area contributed by atoms with E-state index < -0.39 is 23.7 Å². The number of aromatic nitrogens is 6. The van der Waals surface area contributed by atoms with Crippen LogP contribution in [0, 0.1) is 12.7 Å². The lowest BCUT2D eigenvalue weighted by atomic mass is 9.90. The zero-order chi connectivity index (χ0) is 27.7. The first-order chi connectivity index (χ1) is 18.7. The molecule has 39 heavy (non-hydrogen) atoms. The molecule has 3 heterocycles. The number of benzene rings is 2. The minimum absolute atomic E-state index is 0.00161. The molecular weight excluding hydrogens is 529 g/mol. The van der Waals surface area contributed by atoms with Crippen LogP contribution in [-0.2, 0) is 22.4 Å². The van der Waals surface area contributed by atoms with E-state index in [0.717, 1.165) is 0 Å². The fraction of sp³-hybridized carbons (Fsp3) is 0.192. The number of Topliss-reactive ketones (excluding diaryl/α,β-unsaturated/α-hetero) is 1. The molecule has 13 heteroatoms. The van der Waals surface area contributed by atoms with E-state index >= 15 is 0 Å². The zero-order valence-electron chi connectivity index (χ0n) is 20.5. The molecule has 0 radical (unpaired) electrons. The van der Waals surface area contributed by atoms with Gasteiger partial charge in [0.1, 0.15) is 12.4 Å². The minimum Gasteiger partial charge on any atom is -0.478 e. The SMILES string of the molecule is Cc1[nH]nc2c1C(C(=O)Cc1ccc(C(=O)O)cc1)N(C(=O)/C=C/c1c(-n3cnnn3)ccc(Cl)c1F)CC2. The van der Waals surface area contributed by atoms with E-state index in [1.54, 1.807) is 19.1 Å². The molecule has 2 aromatic carbocycles. The quantitative estimate of drug-likeness (QED) is 0.334. The largest absolute Gasteiger partial charge is 0.478 e. The molecule has 0 saturated carbocycles. The highest BCUT2D eigenvalue weighted by Gasteiger charge is 2.37. The number of fused-ring (bicyclic) bond motifs is 1. The van der Waals surface area contributed by atoms with E-state index in [0.29, 0.717) is 28.9 Å². The minimum atomic E-state index is -1.07. The number of amides is 1. The molecule has 1 unspecified atom stereocenters. The van der Waals surface area contributed by atoms with Crippen LogP contribution in [0.5, 0.6) is 0 Å². The average Bonchev–Trinajstić information content (AvgIpc) is 3.59. The maximum absolute atomic E-state index is 15.0. The van der Waals surface area contributed by atoms with Crippen molar-refractivity contribution in [1.29, 1.82) is 0 Å². The number of carbonyl (C=O) groups is 3. The number of carbonyl (C=O) groups excluding carboxylic acids is 2. The van der Waals surface area contributed by atoms with Crippen LogP contribution in [0.15, 0.2) is 48.8 Å². The molecule has 1 amide bonds. The van der Waals surface area contributed by atoms with Gasteiger partial charge in [-0.25, -0.2) is 9.18 Å². The number of tetrazole rings is 1. The second-order valence-corrected chi connectivity index (χ2v) is 9.33. The number of ketones is 1. The van der Waals surface area contributed by atoms with Crippen LogP contribution in [0.25, 0.3) is 11.8 Å². The second kappa shape index (κ2) is 10.6. The molecule has 4 aromatic rings. The van der Waals surface area contributed by atoms with Crippen molar-refractivity contribution < 1.29 is 23.9 Å². The van der Waals surface area contributed by atoms with Gasteiger partial charge in [-0.3, -0.25) is 14.7 Å². The number of carboxylic acid groups (broad SMARTS) is 1. The van der Waals surface area contributed by atoms with Gasteiger partial charge in [-0.05, 0) is 53.3 Å². The highest BCUT2D eigenvalue weighted by molar-refractivity contribution is 6.31. The molecule has 198 valence electrons. The van der Waals surface area contributed by atoms with E-state index in [9.17, 15) is 18.8 Å². The van der Waals surface area contributed by atoms with Crippen LogP contribution < -0.4 is 0 Å². The summed E-state index contributed by atoms with van der Waals surface area (Å²) in [5.41, 5.74) is 2.96. The predicted molar refractivity (Wildman–Crippen MR) is 137 cm³/mol. The Kier molecular flexibility index (Phi) is 7.03. The summed E-state index contributed by atoms with van der Waals surface area (Å²) in [4.78, 5) is 39.7. The molecule has 0 aliphatic carbocycles.